The minimum Gasteiger partial charge on any atom is -0.481 e. The Morgan fingerprint density at radius 3 is 2.17 bits per heavy atom. The SMILES string of the molecule is CC[N+](C)(CCCN)c1nc(OC)cc(OC)n1. The zero-order valence-electron chi connectivity index (χ0n) is 11.6. The number of quaternary nitrogens is 1. The highest BCUT2D eigenvalue weighted by Gasteiger charge is 2.27. The molecule has 6 heteroatoms. The van der Waals surface area contributed by atoms with Gasteiger partial charge in [0, 0.05) is 6.42 Å². The predicted molar refractivity (Wildman–Crippen MR) is 71.9 cm³/mol. The molecule has 0 fully saturated rings. The van der Waals surface area contributed by atoms with Crippen LogP contribution in [0.1, 0.15) is 13.3 Å². The van der Waals surface area contributed by atoms with Crippen molar-refractivity contribution in [3.8, 4) is 11.8 Å². The lowest BCUT2D eigenvalue weighted by molar-refractivity contribution is 0.308. The van der Waals surface area contributed by atoms with Crippen LogP contribution in [-0.4, -0.2) is 50.9 Å². The van der Waals surface area contributed by atoms with Crippen molar-refractivity contribution in [3.05, 3.63) is 6.07 Å². The molecule has 1 aromatic rings. The third-order valence-electron chi connectivity index (χ3n) is 3.12. The topological polar surface area (TPSA) is 70.3 Å². The van der Waals surface area contributed by atoms with Gasteiger partial charge in [-0.15, -0.1) is 9.97 Å². The Hall–Kier alpha value is -1.40. The van der Waals surface area contributed by atoms with E-state index in [0.717, 1.165) is 19.5 Å². The van der Waals surface area contributed by atoms with E-state index in [4.69, 9.17) is 15.2 Å². The molecule has 6 nitrogen and oxygen atoms in total. The van der Waals surface area contributed by atoms with Crippen LogP contribution in [0.15, 0.2) is 6.07 Å². The van der Waals surface area contributed by atoms with Gasteiger partial charge in [-0.3, -0.25) is 4.48 Å². The van der Waals surface area contributed by atoms with E-state index >= 15 is 0 Å². The summed E-state index contributed by atoms with van der Waals surface area (Å²) in [5.41, 5.74) is 5.58. The lowest BCUT2D eigenvalue weighted by atomic mass is 10.3. The molecule has 0 radical (unpaired) electrons. The Bertz CT molecular complexity index is 364. The molecule has 0 saturated heterocycles. The molecule has 0 aliphatic rings. The smallest absolute Gasteiger partial charge is 0.335 e. The first-order valence-electron chi connectivity index (χ1n) is 6.12. The average Bonchev–Trinajstić information content (AvgIpc) is 2.43. The van der Waals surface area contributed by atoms with Gasteiger partial charge >= 0.3 is 5.95 Å². The number of hydrogen-bond donors (Lipinski definition) is 1. The highest BCUT2D eigenvalue weighted by molar-refractivity contribution is 5.33. The first-order chi connectivity index (χ1) is 8.59. The summed E-state index contributed by atoms with van der Waals surface area (Å²) in [6.07, 6.45) is 0.924. The van der Waals surface area contributed by atoms with Gasteiger partial charge in [0.05, 0.1) is 40.4 Å². The maximum absolute atomic E-state index is 5.58. The summed E-state index contributed by atoms with van der Waals surface area (Å²) in [5, 5.41) is 0. The molecule has 1 heterocycles. The van der Waals surface area contributed by atoms with Gasteiger partial charge < -0.3 is 15.2 Å². The number of nitrogens with zero attached hydrogens (tertiary/aromatic N) is 3. The van der Waals surface area contributed by atoms with Crippen LogP contribution in [0, 0.1) is 0 Å². The second-order valence-corrected chi connectivity index (χ2v) is 4.33. The highest BCUT2D eigenvalue weighted by Crippen LogP contribution is 2.23. The minimum absolute atomic E-state index is 0.516. The van der Waals surface area contributed by atoms with E-state index in [-0.39, 0.29) is 0 Å². The third-order valence-corrected chi connectivity index (χ3v) is 3.12. The van der Waals surface area contributed by atoms with Crippen molar-refractivity contribution in [2.45, 2.75) is 13.3 Å². The monoisotopic (exact) mass is 255 g/mol. The maximum Gasteiger partial charge on any atom is 0.335 e. The number of ether oxygens (including phenoxy) is 2. The van der Waals surface area contributed by atoms with Crippen LogP contribution in [0.2, 0.25) is 0 Å². The average molecular weight is 255 g/mol. The zero-order chi connectivity index (χ0) is 13.6. The fourth-order valence-electron chi connectivity index (χ4n) is 1.68. The normalized spacial score (nSPS) is 14.1. The Morgan fingerprint density at radius 1 is 1.22 bits per heavy atom. The lowest BCUT2D eigenvalue weighted by Crippen LogP contribution is -2.47. The number of rotatable bonds is 7. The molecule has 0 amide bonds. The van der Waals surface area contributed by atoms with Crippen molar-refractivity contribution in [3.63, 3.8) is 0 Å². The molecule has 0 aliphatic carbocycles. The number of hydrogen-bond acceptors (Lipinski definition) is 5. The zero-order valence-corrected chi connectivity index (χ0v) is 11.6. The second kappa shape index (κ2) is 6.51. The Labute approximate surface area is 108 Å². The second-order valence-electron chi connectivity index (χ2n) is 4.33. The largest absolute Gasteiger partial charge is 0.481 e. The van der Waals surface area contributed by atoms with Crippen LogP contribution in [-0.2, 0) is 0 Å². The van der Waals surface area contributed by atoms with E-state index in [0.29, 0.717) is 28.7 Å². The summed E-state index contributed by atoms with van der Waals surface area (Å²) in [4.78, 5) is 8.83. The molecule has 102 valence electrons. The van der Waals surface area contributed by atoms with E-state index < -0.39 is 0 Å². The molecular weight excluding hydrogens is 232 g/mol. The summed E-state index contributed by atoms with van der Waals surface area (Å²) in [6, 6.07) is 1.67. The molecule has 0 saturated carbocycles. The van der Waals surface area contributed by atoms with Gasteiger partial charge in [0.15, 0.2) is 0 Å². The van der Waals surface area contributed by atoms with Crippen molar-refractivity contribution >= 4 is 5.95 Å². The summed E-state index contributed by atoms with van der Waals surface area (Å²) in [6.45, 7) is 4.54. The van der Waals surface area contributed by atoms with Gasteiger partial charge in [0.2, 0.25) is 11.8 Å². The molecule has 1 aromatic heterocycles. The van der Waals surface area contributed by atoms with E-state index in [1.54, 1.807) is 20.3 Å². The summed E-state index contributed by atoms with van der Waals surface area (Å²) < 4.78 is 11.0. The fraction of sp³-hybridized carbons (Fsp3) is 0.667. The molecule has 0 aromatic carbocycles. The van der Waals surface area contributed by atoms with Crippen LogP contribution in [0.3, 0.4) is 0 Å². The first kappa shape index (κ1) is 14.7. The van der Waals surface area contributed by atoms with E-state index in [9.17, 15) is 0 Å². The fourth-order valence-corrected chi connectivity index (χ4v) is 1.68. The van der Waals surface area contributed by atoms with Crippen molar-refractivity contribution < 1.29 is 9.47 Å². The molecular formula is C12H23N4O2+. The number of nitrogens with two attached hydrogens (primary N) is 1. The number of aromatic nitrogens is 2. The van der Waals surface area contributed by atoms with Crippen LogP contribution >= 0.6 is 0 Å². The lowest BCUT2D eigenvalue weighted by Gasteiger charge is -2.30. The molecule has 1 rings (SSSR count). The Morgan fingerprint density at radius 2 is 1.78 bits per heavy atom. The van der Waals surface area contributed by atoms with E-state index in [1.165, 1.54) is 0 Å². The van der Waals surface area contributed by atoms with Crippen LogP contribution < -0.4 is 19.7 Å². The summed E-state index contributed by atoms with van der Waals surface area (Å²) in [5.74, 6) is 1.73. The highest BCUT2D eigenvalue weighted by atomic mass is 16.5. The van der Waals surface area contributed by atoms with E-state index in [1.807, 2.05) is 0 Å². The van der Waals surface area contributed by atoms with Crippen molar-refractivity contribution in [1.29, 1.82) is 0 Å². The molecule has 1 atom stereocenters. The Balaban J connectivity index is 3.10. The molecule has 18 heavy (non-hydrogen) atoms. The van der Waals surface area contributed by atoms with Crippen LogP contribution in [0.5, 0.6) is 11.8 Å². The quantitative estimate of drug-likeness (QED) is 0.730. The maximum atomic E-state index is 5.58. The van der Waals surface area contributed by atoms with Gasteiger partial charge in [-0.1, -0.05) is 0 Å². The van der Waals surface area contributed by atoms with Crippen molar-refractivity contribution in [2.75, 3.05) is 40.9 Å². The van der Waals surface area contributed by atoms with Crippen molar-refractivity contribution in [2.24, 2.45) is 5.73 Å². The van der Waals surface area contributed by atoms with Crippen LogP contribution in [0.4, 0.5) is 5.95 Å². The standard InChI is InChI=1S/C12H23N4O2/c1-5-16(2,8-6-7-13)12-14-10(17-3)9-11(15-12)18-4/h9H,5-8,13H2,1-4H3/q+1. The minimum atomic E-state index is 0.516. The van der Waals surface area contributed by atoms with Gasteiger partial charge in [-0.05, 0) is 13.5 Å². The van der Waals surface area contributed by atoms with Gasteiger partial charge in [0.1, 0.15) is 0 Å². The van der Waals surface area contributed by atoms with Gasteiger partial charge in [0.25, 0.3) is 0 Å². The van der Waals surface area contributed by atoms with Crippen LogP contribution in [0.25, 0.3) is 0 Å². The van der Waals surface area contributed by atoms with Crippen molar-refractivity contribution in [1.82, 2.24) is 14.5 Å². The van der Waals surface area contributed by atoms with Gasteiger partial charge in [-0.2, -0.15) is 0 Å². The van der Waals surface area contributed by atoms with Gasteiger partial charge in [-0.25, -0.2) is 0 Å². The molecule has 0 bridgehead atoms. The Kier molecular flexibility index (Phi) is 5.30. The third kappa shape index (κ3) is 3.30. The molecule has 2 N–H and O–H groups in total. The molecule has 0 spiro atoms. The predicted octanol–water partition coefficient (Wildman–Crippen LogP) is 0.800. The first-order valence-corrected chi connectivity index (χ1v) is 6.12. The summed E-state index contributed by atoms with van der Waals surface area (Å²) in [7, 11) is 5.26. The summed E-state index contributed by atoms with van der Waals surface area (Å²) >= 11 is 0. The number of methoxy groups -OCH3 is 2. The van der Waals surface area contributed by atoms with E-state index in [2.05, 4.69) is 23.9 Å². The molecule has 0 aliphatic heterocycles. The molecule has 1 unspecified atom stereocenters.